The molecule has 1 heterocycles. The number of rotatable bonds is 10. The molecule has 0 spiro atoms. The largest absolute Gasteiger partial charge is 0.489 e. The average molecular weight is 550 g/mol. The third kappa shape index (κ3) is 6.38. The Balaban J connectivity index is 1.73. The lowest BCUT2D eigenvalue weighted by Gasteiger charge is -2.38. The fourth-order valence-electron chi connectivity index (χ4n) is 5.22. The van der Waals surface area contributed by atoms with Crippen LogP contribution in [0.25, 0.3) is 0 Å². The molecule has 1 aliphatic heterocycles. The lowest BCUT2D eigenvalue weighted by atomic mass is 9.69. The van der Waals surface area contributed by atoms with E-state index in [-0.39, 0.29) is 18.3 Å². The van der Waals surface area contributed by atoms with Gasteiger partial charge in [-0.15, -0.1) is 0 Å². The molecule has 0 saturated heterocycles. The second-order valence-electron chi connectivity index (χ2n) is 9.72. The first-order valence-corrected chi connectivity index (χ1v) is 14.4. The number of ketones is 1. The quantitative estimate of drug-likeness (QED) is 0.247. The Bertz CT molecular complexity index is 1280. The van der Waals surface area contributed by atoms with Gasteiger partial charge in [-0.3, -0.25) is 9.59 Å². The van der Waals surface area contributed by atoms with Gasteiger partial charge < -0.3 is 19.5 Å². The van der Waals surface area contributed by atoms with Crippen molar-refractivity contribution in [3.63, 3.8) is 0 Å². The van der Waals surface area contributed by atoms with Crippen molar-refractivity contribution in [2.45, 2.75) is 39.7 Å². The zero-order chi connectivity index (χ0) is 27.9. The molecule has 1 N–H and O–H groups in total. The first-order valence-electron chi connectivity index (χ1n) is 13.2. The second kappa shape index (κ2) is 13.0. The first-order chi connectivity index (χ1) is 18.8. The summed E-state index contributed by atoms with van der Waals surface area (Å²) in [7, 11) is 1.29. The third-order valence-electron chi connectivity index (χ3n) is 7.07. The van der Waals surface area contributed by atoms with Crippen LogP contribution in [0.2, 0.25) is 0 Å². The number of benzene rings is 2. The summed E-state index contributed by atoms with van der Waals surface area (Å²) in [6.07, 6.45) is 0.481. The SMILES string of the molecule is CCSCCOC(=O)C1=C(C)NC2=C(C(=O)[C@H](C(=O)OC)[C@H](C)C2)[C@@H]1c1cccc(OCc2ccccc2)c1. The number of allylic oxidation sites excluding steroid dienone is 3. The van der Waals surface area contributed by atoms with Gasteiger partial charge in [-0.25, -0.2) is 4.79 Å². The van der Waals surface area contributed by atoms with Crippen molar-refractivity contribution >= 4 is 29.5 Å². The predicted molar refractivity (Wildman–Crippen MR) is 151 cm³/mol. The minimum Gasteiger partial charge on any atom is -0.489 e. The predicted octanol–water partition coefficient (Wildman–Crippen LogP) is 5.17. The van der Waals surface area contributed by atoms with Gasteiger partial charge in [0, 0.05) is 28.6 Å². The van der Waals surface area contributed by atoms with Gasteiger partial charge >= 0.3 is 11.9 Å². The van der Waals surface area contributed by atoms with Crippen molar-refractivity contribution in [1.82, 2.24) is 5.32 Å². The molecule has 39 heavy (non-hydrogen) atoms. The van der Waals surface area contributed by atoms with Crippen LogP contribution >= 0.6 is 11.8 Å². The van der Waals surface area contributed by atoms with Crippen molar-refractivity contribution in [3.05, 3.63) is 88.3 Å². The number of esters is 2. The number of hydrogen-bond acceptors (Lipinski definition) is 8. The molecule has 2 aliphatic rings. The van der Waals surface area contributed by atoms with Gasteiger partial charge in [-0.05, 0) is 48.3 Å². The number of carbonyl (C=O) groups excluding carboxylic acids is 3. The van der Waals surface area contributed by atoms with Crippen LogP contribution in [0.1, 0.15) is 44.2 Å². The Morgan fingerprint density at radius 1 is 1.10 bits per heavy atom. The fraction of sp³-hybridized carbons (Fsp3) is 0.387. The Hall–Kier alpha value is -3.52. The lowest BCUT2D eigenvalue weighted by Crippen LogP contribution is -2.43. The molecular weight excluding hydrogens is 514 g/mol. The molecule has 2 aromatic carbocycles. The number of carbonyl (C=O) groups is 3. The summed E-state index contributed by atoms with van der Waals surface area (Å²) in [5.41, 5.74) is 3.88. The zero-order valence-corrected chi connectivity index (χ0v) is 23.6. The van der Waals surface area contributed by atoms with Gasteiger partial charge in [0.05, 0.1) is 12.7 Å². The van der Waals surface area contributed by atoms with E-state index in [9.17, 15) is 14.4 Å². The number of Topliss-reactive ketones (excluding diaryl/α,β-unsaturated/α-hetero) is 1. The molecule has 0 fully saturated rings. The van der Waals surface area contributed by atoms with Crippen LogP contribution in [-0.2, 0) is 30.5 Å². The van der Waals surface area contributed by atoms with E-state index in [1.807, 2.05) is 68.4 Å². The Morgan fingerprint density at radius 2 is 1.87 bits per heavy atom. The Labute approximate surface area is 234 Å². The van der Waals surface area contributed by atoms with E-state index in [0.717, 1.165) is 22.6 Å². The average Bonchev–Trinajstić information content (AvgIpc) is 2.94. The van der Waals surface area contributed by atoms with Crippen LogP contribution in [0.4, 0.5) is 0 Å². The number of ether oxygens (including phenoxy) is 3. The summed E-state index contributed by atoms with van der Waals surface area (Å²) >= 11 is 1.68. The molecule has 2 aromatic rings. The van der Waals surface area contributed by atoms with E-state index in [1.165, 1.54) is 7.11 Å². The second-order valence-corrected chi connectivity index (χ2v) is 11.1. The van der Waals surface area contributed by atoms with Crippen molar-refractivity contribution in [2.24, 2.45) is 11.8 Å². The number of dihydropyridines is 1. The summed E-state index contributed by atoms with van der Waals surface area (Å²) in [6.45, 7) is 6.39. The summed E-state index contributed by atoms with van der Waals surface area (Å²) in [4.78, 5) is 40.0. The third-order valence-corrected chi connectivity index (χ3v) is 7.93. The molecule has 0 bridgehead atoms. The highest BCUT2D eigenvalue weighted by Gasteiger charge is 2.47. The normalized spacial score (nSPS) is 20.7. The molecule has 0 radical (unpaired) electrons. The Morgan fingerprint density at radius 3 is 2.59 bits per heavy atom. The highest BCUT2D eigenvalue weighted by Crippen LogP contribution is 2.46. The number of methoxy groups -OCH3 is 1. The van der Waals surface area contributed by atoms with E-state index >= 15 is 0 Å². The van der Waals surface area contributed by atoms with Gasteiger partial charge in [-0.1, -0.05) is 56.3 Å². The van der Waals surface area contributed by atoms with Crippen LogP contribution in [0.5, 0.6) is 5.75 Å². The number of nitrogens with one attached hydrogen (secondary N) is 1. The fourth-order valence-corrected chi connectivity index (χ4v) is 5.71. The highest BCUT2D eigenvalue weighted by molar-refractivity contribution is 7.99. The Kier molecular flexibility index (Phi) is 9.51. The van der Waals surface area contributed by atoms with Crippen molar-refractivity contribution < 1.29 is 28.6 Å². The maximum atomic E-state index is 13.9. The molecule has 8 heteroatoms. The molecule has 1 aliphatic carbocycles. The monoisotopic (exact) mass is 549 g/mol. The lowest BCUT2D eigenvalue weighted by molar-refractivity contribution is -0.151. The number of thioether (sulfide) groups is 1. The topological polar surface area (TPSA) is 90.9 Å². The van der Waals surface area contributed by atoms with Crippen LogP contribution in [0, 0.1) is 11.8 Å². The maximum absolute atomic E-state index is 13.9. The summed E-state index contributed by atoms with van der Waals surface area (Å²) in [5, 5.41) is 3.30. The number of hydrogen-bond donors (Lipinski definition) is 1. The molecule has 0 unspecified atom stereocenters. The zero-order valence-electron chi connectivity index (χ0n) is 22.8. The molecule has 0 aromatic heterocycles. The van der Waals surface area contributed by atoms with Crippen LogP contribution in [0.15, 0.2) is 77.1 Å². The maximum Gasteiger partial charge on any atom is 0.336 e. The van der Waals surface area contributed by atoms with Gasteiger partial charge in [0.25, 0.3) is 0 Å². The van der Waals surface area contributed by atoms with Gasteiger partial charge in [0.15, 0.2) is 5.78 Å². The van der Waals surface area contributed by atoms with Gasteiger partial charge in [-0.2, -0.15) is 11.8 Å². The van der Waals surface area contributed by atoms with Gasteiger partial charge in [0.1, 0.15) is 24.9 Å². The first kappa shape index (κ1) is 28.5. The molecule has 3 atom stereocenters. The summed E-state index contributed by atoms with van der Waals surface area (Å²) in [5.74, 6) is -1.04. The minimum absolute atomic E-state index is 0.246. The van der Waals surface area contributed by atoms with Crippen molar-refractivity contribution in [3.8, 4) is 5.75 Å². The molecule has 7 nitrogen and oxygen atoms in total. The van der Waals surface area contributed by atoms with E-state index in [4.69, 9.17) is 14.2 Å². The summed E-state index contributed by atoms with van der Waals surface area (Å²) in [6, 6.07) is 17.3. The van der Waals surface area contributed by atoms with Crippen molar-refractivity contribution in [1.29, 1.82) is 0 Å². The standard InChI is InChI=1S/C31H35NO6S/c1-5-39-15-14-37-31(35)26-20(3)32-24-16-19(2)25(30(34)36-4)29(33)28(24)27(26)22-12-9-13-23(17-22)38-18-21-10-7-6-8-11-21/h6-13,17,19,25,27,32H,5,14-16,18H2,1-4H3/t19-,25-,27-/m1/s1. The van der Waals surface area contributed by atoms with E-state index in [0.29, 0.717) is 41.4 Å². The van der Waals surface area contributed by atoms with Crippen LogP contribution in [0.3, 0.4) is 0 Å². The van der Waals surface area contributed by atoms with Crippen LogP contribution in [-0.4, -0.2) is 42.9 Å². The van der Waals surface area contributed by atoms with E-state index in [1.54, 1.807) is 11.8 Å². The smallest absolute Gasteiger partial charge is 0.336 e. The molecule has 206 valence electrons. The van der Waals surface area contributed by atoms with E-state index < -0.39 is 23.8 Å². The molecule has 0 amide bonds. The summed E-state index contributed by atoms with van der Waals surface area (Å²) < 4.78 is 16.7. The molecular formula is C31H35NO6S. The van der Waals surface area contributed by atoms with Crippen molar-refractivity contribution in [2.75, 3.05) is 25.2 Å². The van der Waals surface area contributed by atoms with Gasteiger partial charge in [0.2, 0.25) is 0 Å². The highest BCUT2D eigenvalue weighted by atomic mass is 32.2. The molecule has 0 saturated carbocycles. The van der Waals surface area contributed by atoms with Crippen LogP contribution < -0.4 is 10.1 Å². The van der Waals surface area contributed by atoms with E-state index in [2.05, 4.69) is 12.2 Å². The molecule has 4 rings (SSSR count). The minimum atomic E-state index is -0.938.